The number of pyridine rings is 2. The zero-order chi connectivity index (χ0) is 39.4. The van der Waals surface area contributed by atoms with E-state index in [0.717, 1.165) is 78.9 Å². The number of rotatable bonds is 6. The number of halogens is 2. The fraction of sp³-hybridized carbons (Fsp3) is 0.159. The Balaban J connectivity index is 0.000000171. The molecule has 0 radical (unpaired) electrons. The van der Waals surface area contributed by atoms with Crippen molar-refractivity contribution in [1.29, 1.82) is 0 Å². The number of aromatic nitrogens is 8. The molecule has 6 aromatic heterocycles. The molecule has 0 bridgehead atoms. The highest BCUT2D eigenvalue weighted by molar-refractivity contribution is 9.10. The normalized spacial score (nSPS) is 18.6. The lowest BCUT2D eigenvalue weighted by Crippen LogP contribution is -2.35. The molecule has 58 heavy (non-hydrogen) atoms. The second kappa shape index (κ2) is 14.3. The standard InChI is InChI=1S/C29H25FN6O2.C15H9BrN4/c30-22-7-3-2-6-20(22)29(17-33-28(37)38)19-10-13-35(16-21(19)29)26-15-32-27-24(34-26)11-14-36(27)25-9-12-31-23-8-4-1-5-18(23)25;16-14-9-18-15-12(19-14)6-8-20(15)13-5-7-17-11-4-2-1-3-10(11)13/h1-9,11-12,14-15,19,21,33H,10,13,16-17H2,(H,37,38);1-9H/t19-,21+,29-;/m1./s1. The molecule has 1 amide bonds. The first kappa shape index (κ1) is 35.6. The van der Waals surface area contributed by atoms with Gasteiger partial charge in [0, 0.05) is 60.6 Å². The Bertz CT molecular complexity index is 3020. The van der Waals surface area contributed by atoms with Crippen molar-refractivity contribution >= 4 is 72.0 Å². The van der Waals surface area contributed by atoms with Crippen LogP contribution >= 0.6 is 15.9 Å². The number of benzene rings is 3. The molecule has 11 rings (SSSR count). The molecule has 0 spiro atoms. The number of para-hydroxylation sites is 2. The van der Waals surface area contributed by atoms with Crippen molar-refractivity contribution in [2.24, 2.45) is 11.8 Å². The second-order valence-corrected chi connectivity index (χ2v) is 15.3. The summed E-state index contributed by atoms with van der Waals surface area (Å²) in [5, 5.41) is 14.0. The van der Waals surface area contributed by atoms with Crippen LogP contribution in [0.25, 0.3) is 55.5 Å². The molecule has 286 valence electrons. The monoisotopic (exact) mass is 832 g/mol. The number of fused-ring (bicyclic) bond motifs is 5. The Hall–Kier alpha value is -6.80. The lowest BCUT2D eigenvalue weighted by Gasteiger charge is -2.27. The Morgan fingerprint density at radius 3 is 2.00 bits per heavy atom. The topological polar surface area (TPSA) is 140 Å². The first-order valence-corrected chi connectivity index (χ1v) is 19.7. The van der Waals surface area contributed by atoms with Gasteiger partial charge < -0.3 is 15.3 Å². The summed E-state index contributed by atoms with van der Waals surface area (Å²) in [7, 11) is 0. The van der Waals surface area contributed by atoms with Gasteiger partial charge in [-0.1, -0.05) is 54.6 Å². The highest BCUT2D eigenvalue weighted by Gasteiger charge is 2.67. The zero-order valence-electron chi connectivity index (χ0n) is 30.8. The molecule has 12 nitrogen and oxygen atoms in total. The first-order valence-electron chi connectivity index (χ1n) is 18.9. The van der Waals surface area contributed by atoms with E-state index >= 15 is 0 Å². The Morgan fingerprint density at radius 1 is 0.741 bits per heavy atom. The molecular formula is C44H34BrFN10O2. The molecule has 0 unspecified atom stereocenters. The summed E-state index contributed by atoms with van der Waals surface area (Å²) in [6.07, 6.45) is 10.8. The molecule has 1 saturated heterocycles. The predicted octanol–water partition coefficient (Wildman–Crippen LogP) is 8.50. The van der Waals surface area contributed by atoms with Crippen LogP contribution in [0.2, 0.25) is 0 Å². The van der Waals surface area contributed by atoms with Crippen LogP contribution in [0.1, 0.15) is 12.0 Å². The molecule has 9 aromatic rings. The van der Waals surface area contributed by atoms with Gasteiger partial charge in [0.05, 0.1) is 34.8 Å². The van der Waals surface area contributed by atoms with Gasteiger partial charge in [-0.25, -0.2) is 29.1 Å². The molecule has 2 aliphatic rings. The smallest absolute Gasteiger partial charge is 0.404 e. The Kier molecular flexibility index (Phi) is 8.77. The number of piperidine rings is 1. The number of carbonyl (C=O) groups is 1. The van der Waals surface area contributed by atoms with Crippen LogP contribution in [0, 0.1) is 17.7 Å². The molecule has 7 heterocycles. The quantitative estimate of drug-likeness (QED) is 0.169. The van der Waals surface area contributed by atoms with Gasteiger partial charge in [0.2, 0.25) is 0 Å². The third-order valence-corrected chi connectivity index (χ3v) is 11.9. The summed E-state index contributed by atoms with van der Waals surface area (Å²) in [6, 6.07) is 30.7. The van der Waals surface area contributed by atoms with E-state index < -0.39 is 11.5 Å². The van der Waals surface area contributed by atoms with Crippen molar-refractivity contribution in [3.05, 3.63) is 150 Å². The third-order valence-electron chi connectivity index (χ3n) is 11.6. The lowest BCUT2D eigenvalue weighted by atomic mass is 9.90. The van der Waals surface area contributed by atoms with Crippen molar-refractivity contribution in [2.75, 3.05) is 24.5 Å². The molecular weight excluding hydrogens is 799 g/mol. The van der Waals surface area contributed by atoms with Gasteiger partial charge in [0.1, 0.15) is 27.3 Å². The Labute approximate surface area is 339 Å². The fourth-order valence-corrected chi connectivity index (χ4v) is 9.21. The maximum absolute atomic E-state index is 14.9. The molecule has 1 aliphatic carbocycles. The van der Waals surface area contributed by atoms with Gasteiger partial charge in [0.15, 0.2) is 11.3 Å². The van der Waals surface area contributed by atoms with Gasteiger partial charge in [-0.05, 0) is 82.2 Å². The molecule has 1 aliphatic heterocycles. The number of nitrogens with zero attached hydrogens (tertiary/aromatic N) is 9. The summed E-state index contributed by atoms with van der Waals surface area (Å²) in [6.45, 7) is 1.61. The minimum absolute atomic E-state index is 0.116. The highest BCUT2D eigenvalue weighted by Crippen LogP contribution is 2.63. The van der Waals surface area contributed by atoms with Crippen molar-refractivity contribution in [3.8, 4) is 11.4 Å². The number of nitrogens with one attached hydrogen (secondary N) is 1. The van der Waals surface area contributed by atoms with Crippen LogP contribution in [-0.2, 0) is 5.41 Å². The van der Waals surface area contributed by atoms with E-state index in [4.69, 9.17) is 9.97 Å². The van der Waals surface area contributed by atoms with Crippen LogP contribution in [0.3, 0.4) is 0 Å². The summed E-state index contributed by atoms with van der Waals surface area (Å²) in [4.78, 5) is 41.0. The number of hydrogen-bond acceptors (Lipinski definition) is 8. The van der Waals surface area contributed by atoms with E-state index in [2.05, 4.69) is 52.1 Å². The van der Waals surface area contributed by atoms with E-state index in [-0.39, 0.29) is 24.2 Å². The number of carboxylic acid groups (broad SMARTS) is 1. The number of hydrogen-bond donors (Lipinski definition) is 2. The van der Waals surface area contributed by atoms with Gasteiger partial charge in [-0.15, -0.1) is 0 Å². The first-order chi connectivity index (χ1) is 28.4. The van der Waals surface area contributed by atoms with Crippen LogP contribution in [0.4, 0.5) is 15.0 Å². The van der Waals surface area contributed by atoms with Gasteiger partial charge in [-0.2, -0.15) is 0 Å². The van der Waals surface area contributed by atoms with E-state index in [9.17, 15) is 14.3 Å². The molecule has 2 N–H and O–H groups in total. The van der Waals surface area contributed by atoms with Crippen LogP contribution in [0.5, 0.6) is 0 Å². The lowest BCUT2D eigenvalue weighted by molar-refractivity contribution is 0.192. The maximum atomic E-state index is 14.9. The van der Waals surface area contributed by atoms with Gasteiger partial charge in [0.25, 0.3) is 0 Å². The highest BCUT2D eigenvalue weighted by atomic mass is 79.9. The predicted molar refractivity (Wildman–Crippen MR) is 224 cm³/mol. The zero-order valence-corrected chi connectivity index (χ0v) is 32.4. The van der Waals surface area contributed by atoms with E-state index in [1.165, 1.54) is 6.07 Å². The van der Waals surface area contributed by atoms with Crippen LogP contribution in [0.15, 0.2) is 139 Å². The minimum Gasteiger partial charge on any atom is -0.465 e. The number of anilines is 1. The van der Waals surface area contributed by atoms with E-state index in [1.807, 2.05) is 101 Å². The fourth-order valence-electron chi connectivity index (χ4n) is 8.91. The van der Waals surface area contributed by atoms with Crippen molar-refractivity contribution in [3.63, 3.8) is 0 Å². The third kappa shape index (κ3) is 6.07. The van der Waals surface area contributed by atoms with Crippen molar-refractivity contribution in [1.82, 2.24) is 44.4 Å². The maximum Gasteiger partial charge on any atom is 0.404 e. The number of amides is 1. The van der Waals surface area contributed by atoms with E-state index in [1.54, 1.807) is 30.7 Å². The summed E-state index contributed by atoms with van der Waals surface area (Å²) < 4.78 is 19.7. The second-order valence-electron chi connectivity index (χ2n) is 14.5. The summed E-state index contributed by atoms with van der Waals surface area (Å²) in [5.41, 5.74) is 7.22. The van der Waals surface area contributed by atoms with Crippen LogP contribution < -0.4 is 10.2 Å². The summed E-state index contributed by atoms with van der Waals surface area (Å²) >= 11 is 3.34. The molecule has 3 atom stereocenters. The summed E-state index contributed by atoms with van der Waals surface area (Å²) in [5.74, 6) is 0.811. The molecule has 14 heteroatoms. The Morgan fingerprint density at radius 2 is 1.34 bits per heavy atom. The van der Waals surface area contributed by atoms with Crippen molar-refractivity contribution in [2.45, 2.75) is 11.8 Å². The van der Waals surface area contributed by atoms with Gasteiger partial charge in [-0.3, -0.25) is 19.1 Å². The molecule has 2 fully saturated rings. The van der Waals surface area contributed by atoms with Crippen LogP contribution in [-0.4, -0.2) is 69.9 Å². The molecule has 1 saturated carbocycles. The van der Waals surface area contributed by atoms with Gasteiger partial charge >= 0.3 is 6.09 Å². The average molecular weight is 834 g/mol. The van der Waals surface area contributed by atoms with E-state index in [0.29, 0.717) is 12.1 Å². The molecule has 3 aromatic carbocycles. The average Bonchev–Trinajstić information content (AvgIpc) is 3.47. The minimum atomic E-state index is -1.09. The SMILES string of the molecule is Brc1cnc2c(ccn2-c2ccnc3ccccc23)n1.O=C(O)NC[C@]1(c2ccccc2F)[C@@H]2CCN(c3cnc4c(ccn4-c4ccnc5ccccc45)n3)C[C@@H]21. The van der Waals surface area contributed by atoms with Crippen molar-refractivity contribution < 1.29 is 14.3 Å². The largest absolute Gasteiger partial charge is 0.465 e.